The van der Waals surface area contributed by atoms with Crippen molar-refractivity contribution in [1.82, 2.24) is 5.32 Å². The first-order valence-electron chi connectivity index (χ1n) is 8.25. The topological polar surface area (TPSA) is 58.6 Å². The maximum Gasteiger partial charge on any atom is 0.313 e. The van der Waals surface area contributed by atoms with E-state index >= 15 is 0 Å². The second kappa shape index (κ2) is 7.79. The summed E-state index contributed by atoms with van der Waals surface area (Å²) in [6.45, 7) is 11.5. The number of nitrogens with one attached hydrogen (secondary N) is 1. The van der Waals surface area contributed by atoms with E-state index in [1.54, 1.807) is 4.90 Å². The first-order chi connectivity index (χ1) is 11.0. The quantitative estimate of drug-likeness (QED) is 0.779. The summed E-state index contributed by atoms with van der Waals surface area (Å²) in [6, 6.07) is 9.62. The molecule has 0 aliphatic heterocycles. The van der Waals surface area contributed by atoms with Gasteiger partial charge in [0.15, 0.2) is 0 Å². The molecule has 0 radical (unpaired) electrons. The minimum absolute atomic E-state index is 0.0371. The Labute approximate surface area is 145 Å². The molecular weight excluding hydrogens is 304 g/mol. The molecular formula is C19H30N2O3. The highest BCUT2D eigenvalue weighted by molar-refractivity contribution is 5.95. The van der Waals surface area contributed by atoms with Crippen LogP contribution in [0, 0.1) is 5.41 Å². The van der Waals surface area contributed by atoms with Crippen LogP contribution in [0.25, 0.3) is 0 Å². The van der Waals surface area contributed by atoms with Crippen LogP contribution in [-0.4, -0.2) is 37.1 Å². The molecule has 0 bridgehead atoms. The number of amides is 1. The van der Waals surface area contributed by atoms with Crippen molar-refractivity contribution in [2.24, 2.45) is 5.41 Å². The van der Waals surface area contributed by atoms with Crippen molar-refractivity contribution in [2.45, 2.75) is 53.1 Å². The summed E-state index contributed by atoms with van der Waals surface area (Å²) in [5.41, 5.74) is -0.503. The lowest BCUT2D eigenvalue weighted by Crippen LogP contribution is -2.58. The van der Waals surface area contributed by atoms with Gasteiger partial charge >= 0.3 is 5.97 Å². The van der Waals surface area contributed by atoms with Gasteiger partial charge in [0.05, 0.1) is 19.1 Å². The minimum Gasteiger partial charge on any atom is -0.469 e. The Morgan fingerprint density at radius 1 is 1.12 bits per heavy atom. The van der Waals surface area contributed by atoms with Gasteiger partial charge in [-0.2, -0.15) is 0 Å². The highest BCUT2D eigenvalue weighted by atomic mass is 16.5. The smallest absolute Gasteiger partial charge is 0.313 e. The summed E-state index contributed by atoms with van der Waals surface area (Å²) in [7, 11) is 1.38. The Morgan fingerprint density at radius 3 is 2.12 bits per heavy atom. The highest BCUT2D eigenvalue weighted by Crippen LogP contribution is 2.31. The van der Waals surface area contributed by atoms with Gasteiger partial charge in [0.25, 0.3) is 0 Å². The fourth-order valence-corrected chi connectivity index (χ4v) is 2.43. The molecule has 134 valence electrons. The molecule has 1 rings (SSSR count). The average molecular weight is 334 g/mol. The molecule has 0 aliphatic rings. The Bertz CT molecular complexity index is 565. The van der Waals surface area contributed by atoms with Crippen molar-refractivity contribution in [2.75, 3.05) is 18.6 Å². The zero-order valence-corrected chi connectivity index (χ0v) is 15.8. The number of carbonyl (C=O) groups excluding carboxylic acids is 2. The molecule has 5 nitrogen and oxygen atoms in total. The van der Waals surface area contributed by atoms with Gasteiger partial charge in [-0.1, -0.05) is 18.2 Å². The first kappa shape index (κ1) is 20.2. The molecule has 1 amide bonds. The largest absolute Gasteiger partial charge is 0.469 e. The third-order valence-electron chi connectivity index (χ3n) is 4.76. The number of para-hydroxylation sites is 1. The van der Waals surface area contributed by atoms with E-state index in [4.69, 9.17) is 4.74 Å². The van der Waals surface area contributed by atoms with Crippen LogP contribution in [0.15, 0.2) is 30.3 Å². The summed E-state index contributed by atoms with van der Waals surface area (Å²) >= 11 is 0. The van der Waals surface area contributed by atoms with Gasteiger partial charge in [0.1, 0.15) is 0 Å². The lowest BCUT2D eigenvalue weighted by atomic mass is 9.74. The van der Waals surface area contributed by atoms with Gasteiger partial charge in [0, 0.05) is 17.3 Å². The highest BCUT2D eigenvalue weighted by Gasteiger charge is 2.44. The van der Waals surface area contributed by atoms with E-state index < -0.39 is 11.0 Å². The summed E-state index contributed by atoms with van der Waals surface area (Å²) in [5.74, 6) is -0.346. The van der Waals surface area contributed by atoms with Crippen molar-refractivity contribution >= 4 is 17.6 Å². The third kappa shape index (κ3) is 4.35. The number of nitrogens with zero attached hydrogens (tertiary/aromatic N) is 1. The molecule has 1 aromatic carbocycles. The van der Waals surface area contributed by atoms with Crippen LogP contribution in [-0.2, 0) is 14.3 Å². The monoisotopic (exact) mass is 334 g/mol. The second-order valence-electron chi connectivity index (χ2n) is 7.29. The van der Waals surface area contributed by atoms with Crippen LogP contribution >= 0.6 is 0 Å². The second-order valence-corrected chi connectivity index (χ2v) is 7.29. The van der Waals surface area contributed by atoms with Gasteiger partial charge in [-0.25, -0.2) is 0 Å². The van der Waals surface area contributed by atoms with Gasteiger partial charge < -0.3 is 15.0 Å². The lowest BCUT2D eigenvalue weighted by molar-refractivity contribution is -0.155. The van der Waals surface area contributed by atoms with E-state index in [-0.39, 0.29) is 24.5 Å². The molecule has 0 atom stereocenters. The molecule has 1 N–H and O–H groups in total. The number of methoxy groups -OCH3 is 1. The van der Waals surface area contributed by atoms with E-state index in [2.05, 4.69) is 5.32 Å². The summed E-state index contributed by atoms with van der Waals surface area (Å²) in [4.78, 5) is 26.5. The van der Waals surface area contributed by atoms with Gasteiger partial charge in [0.2, 0.25) is 5.91 Å². The zero-order valence-electron chi connectivity index (χ0n) is 15.8. The van der Waals surface area contributed by atoms with E-state index in [0.29, 0.717) is 0 Å². The fourth-order valence-electron chi connectivity index (χ4n) is 2.43. The van der Waals surface area contributed by atoms with Crippen molar-refractivity contribution in [3.8, 4) is 0 Å². The Morgan fingerprint density at radius 2 is 1.67 bits per heavy atom. The van der Waals surface area contributed by atoms with Crippen LogP contribution < -0.4 is 10.2 Å². The molecule has 0 fully saturated rings. The first-order valence-corrected chi connectivity index (χ1v) is 8.25. The number of rotatable bonds is 7. The Hall–Kier alpha value is -1.88. The minimum atomic E-state index is -0.766. The third-order valence-corrected chi connectivity index (χ3v) is 4.76. The number of benzene rings is 1. The van der Waals surface area contributed by atoms with Crippen LogP contribution in [0.1, 0.15) is 41.5 Å². The van der Waals surface area contributed by atoms with Crippen molar-refractivity contribution in [3.05, 3.63) is 30.3 Å². The zero-order chi connectivity index (χ0) is 18.5. The average Bonchev–Trinajstić information content (AvgIpc) is 2.52. The molecule has 24 heavy (non-hydrogen) atoms. The molecule has 0 spiro atoms. The normalized spacial score (nSPS) is 12.2. The molecule has 0 aliphatic carbocycles. The van der Waals surface area contributed by atoms with Crippen molar-refractivity contribution in [3.63, 3.8) is 0 Å². The van der Waals surface area contributed by atoms with Gasteiger partial charge in [-0.05, 0) is 53.7 Å². The van der Waals surface area contributed by atoms with Crippen LogP contribution in [0.2, 0.25) is 0 Å². The van der Waals surface area contributed by atoms with Crippen LogP contribution in [0.5, 0.6) is 0 Å². The van der Waals surface area contributed by atoms with Crippen LogP contribution in [0.3, 0.4) is 0 Å². The van der Waals surface area contributed by atoms with E-state index in [1.165, 1.54) is 7.11 Å². The van der Waals surface area contributed by atoms with Gasteiger partial charge in [-0.15, -0.1) is 0 Å². The summed E-state index contributed by atoms with van der Waals surface area (Å²) in [5, 5.41) is 3.23. The number of carbonyl (C=O) groups is 2. The van der Waals surface area contributed by atoms with Crippen LogP contribution in [0.4, 0.5) is 5.69 Å². The number of esters is 1. The summed E-state index contributed by atoms with van der Waals surface area (Å²) < 4.78 is 4.89. The van der Waals surface area contributed by atoms with Crippen molar-refractivity contribution < 1.29 is 14.3 Å². The molecule has 0 aromatic heterocycles. The Kier molecular flexibility index (Phi) is 6.55. The molecule has 1 aromatic rings. The fraction of sp³-hybridized carbons (Fsp3) is 0.579. The molecule has 0 saturated carbocycles. The van der Waals surface area contributed by atoms with E-state index in [0.717, 1.165) is 5.69 Å². The SMILES string of the molecule is COC(=O)C(C)(C)C(C)(C)NCC(=O)N(c1ccccc1)C(C)C. The lowest BCUT2D eigenvalue weighted by Gasteiger charge is -2.40. The standard InChI is InChI=1S/C19H30N2O3/c1-14(2)21(15-11-9-8-10-12-15)16(22)13-20-19(5,6)18(3,4)17(23)24-7/h8-12,14,20H,13H2,1-7H3. The van der Waals surface area contributed by atoms with E-state index in [9.17, 15) is 9.59 Å². The Balaban J connectivity index is 2.88. The van der Waals surface area contributed by atoms with E-state index in [1.807, 2.05) is 71.9 Å². The van der Waals surface area contributed by atoms with Gasteiger partial charge in [-0.3, -0.25) is 9.59 Å². The predicted molar refractivity (Wildman–Crippen MR) is 96.9 cm³/mol. The summed E-state index contributed by atoms with van der Waals surface area (Å²) in [6.07, 6.45) is 0. The maximum atomic E-state index is 12.7. The predicted octanol–water partition coefficient (Wildman–Crippen LogP) is 3.00. The molecule has 0 heterocycles. The number of ether oxygens (including phenoxy) is 1. The van der Waals surface area contributed by atoms with Crippen molar-refractivity contribution in [1.29, 1.82) is 0 Å². The molecule has 0 unspecified atom stereocenters. The number of anilines is 1. The molecule has 0 saturated heterocycles. The number of hydrogen-bond acceptors (Lipinski definition) is 4. The molecule has 5 heteroatoms. The maximum absolute atomic E-state index is 12.7. The number of hydrogen-bond donors (Lipinski definition) is 1.